The van der Waals surface area contributed by atoms with Gasteiger partial charge in [0.25, 0.3) is 0 Å². The molecular weight excluding hydrogens is 215 g/mol. The molecule has 0 unspecified atom stereocenters. The summed E-state index contributed by atoms with van der Waals surface area (Å²) in [4.78, 5) is 4.13. The number of rotatable bonds is 2. The highest BCUT2D eigenvalue weighted by molar-refractivity contribution is 5.75. The van der Waals surface area contributed by atoms with Gasteiger partial charge in [0, 0.05) is 11.8 Å². The normalized spacial score (nSPS) is 9.65. The van der Waals surface area contributed by atoms with Crippen molar-refractivity contribution < 1.29 is 4.39 Å². The number of nitrogens with zero attached hydrogens (tertiary/aromatic N) is 2. The van der Waals surface area contributed by atoms with E-state index in [1.54, 1.807) is 24.3 Å². The van der Waals surface area contributed by atoms with Gasteiger partial charge in [0.05, 0.1) is 11.3 Å². The number of hydrogen-bond acceptors (Lipinski definition) is 2. The molecule has 0 saturated carbocycles. The average Bonchev–Trinajstić information content (AvgIpc) is 2.39. The van der Waals surface area contributed by atoms with Gasteiger partial charge in [0.1, 0.15) is 11.9 Å². The Morgan fingerprint density at radius 1 is 1.18 bits per heavy atom. The lowest BCUT2D eigenvalue weighted by Gasteiger charge is -2.05. The van der Waals surface area contributed by atoms with Crippen molar-refractivity contribution >= 4 is 5.57 Å². The fourth-order valence-corrected chi connectivity index (χ4v) is 1.44. The number of pyridine rings is 1. The molecule has 0 aliphatic heterocycles. The zero-order chi connectivity index (χ0) is 12.3. The molecule has 3 heteroatoms. The van der Waals surface area contributed by atoms with Crippen LogP contribution in [0.15, 0.2) is 49.2 Å². The Kier molecular flexibility index (Phi) is 2.97. The summed E-state index contributed by atoms with van der Waals surface area (Å²) < 4.78 is 12.8. The molecule has 0 fully saturated rings. The van der Waals surface area contributed by atoms with Crippen molar-refractivity contribution in [3.8, 4) is 6.07 Å². The van der Waals surface area contributed by atoms with E-state index >= 15 is 0 Å². The average molecular weight is 224 g/mol. The van der Waals surface area contributed by atoms with Gasteiger partial charge >= 0.3 is 0 Å². The van der Waals surface area contributed by atoms with E-state index in [0.717, 1.165) is 5.56 Å². The molecular formula is C14H9FN2. The van der Waals surface area contributed by atoms with Crippen LogP contribution in [0, 0.1) is 17.1 Å². The van der Waals surface area contributed by atoms with Gasteiger partial charge in [-0.05, 0) is 29.8 Å². The number of nitriles is 1. The van der Waals surface area contributed by atoms with Gasteiger partial charge in [-0.2, -0.15) is 5.26 Å². The SMILES string of the molecule is C=C(c1ccc(F)cc1)c1ccc(C#N)cn1. The van der Waals surface area contributed by atoms with Crippen LogP contribution in [0.3, 0.4) is 0 Å². The van der Waals surface area contributed by atoms with Crippen LogP contribution in [0.2, 0.25) is 0 Å². The molecule has 0 bridgehead atoms. The lowest BCUT2D eigenvalue weighted by atomic mass is 10.0. The molecule has 2 nitrogen and oxygen atoms in total. The summed E-state index contributed by atoms with van der Waals surface area (Å²) in [5.74, 6) is -0.283. The molecule has 0 atom stereocenters. The van der Waals surface area contributed by atoms with Crippen LogP contribution in [0.4, 0.5) is 4.39 Å². The van der Waals surface area contributed by atoms with Crippen LogP contribution in [0.1, 0.15) is 16.8 Å². The molecule has 1 aromatic heterocycles. The first-order chi connectivity index (χ1) is 8.20. The van der Waals surface area contributed by atoms with Crippen molar-refractivity contribution in [3.63, 3.8) is 0 Å². The fourth-order valence-electron chi connectivity index (χ4n) is 1.44. The molecule has 0 saturated heterocycles. The summed E-state index contributed by atoms with van der Waals surface area (Å²) in [7, 11) is 0. The molecule has 0 spiro atoms. The molecule has 0 amide bonds. The highest BCUT2D eigenvalue weighted by Gasteiger charge is 2.04. The standard InChI is InChI=1S/C14H9FN2/c1-10(12-3-5-13(15)6-4-12)14-7-2-11(8-16)9-17-14/h2-7,9H,1H2. The van der Waals surface area contributed by atoms with Crippen molar-refractivity contribution in [2.75, 3.05) is 0 Å². The molecule has 2 aromatic rings. The molecule has 1 aromatic carbocycles. The molecule has 1 heterocycles. The smallest absolute Gasteiger partial charge is 0.123 e. The minimum Gasteiger partial charge on any atom is -0.255 e. The summed E-state index contributed by atoms with van der Waals surface area (Å²) >= 11 is 0. The maximum Gasteiger partial charge on any atom is 0.123 e. The van der Waals surface area contributed by atoms with Gasteiger partial charge < -0.3 is 0 Å². The Morgan fingerprint density at radius 2 is 1.88 bits per heavy atom. The van der Waals surface area contributed by atoms with Crippen molar-refractivity contribution in [3.05, 3.63) is 71.8 Å². The lowest BCUT2D eigenvalue weighted by molar-refractivity contribution is 0.627. The van der Waals surface area contributed by atoms with E-state index in [9.17, 15) is 4.39 Å². The lowest BCUT2D eigenvalue weighted by Crippen LogP contribution is -1.91. The van der Waals surface area contributed by atoms with E-state index in [4.69, 9.17) is 5.26 Å². The number of benzene rings is 1. The summed E-state index contributed by atoms with van der Waals surface area (Å²) in [6.45, 7) is 3.91. The van der Waals surface area contributed by atoms with Gasteiger partial charge in [-0.3, -0.25) is 4.98 Å². The van der Waals surface area contributed by atoms with Gasteiger partial charge in [-0.15, -0.1) is 0 Å². The van der Waals surface area contributed by atoms with Crippen molar-refractivity contribution in [1.82, 2.24) is 4.98 Å². The molecule has 0 aliphatic carbocycles. The van der Waals surface area contributed by atoms with Gasteiger partial charge in [0.2, 0.25) is 0 Å². The Hall–Kier alpha value is -2.47. The van der Waals surface area contributed by atoms with Crippen LogP contribution < -0.4 is 0 Å². The minimum atomic E-state index is -0.283. The monoisotopic (exact) mass is 224 g/mol. The largest absolute Gasteiger partial charge is 0.255 e. The first-order valence-electron chi connectivity index (χ1n) is 5.02. The third kappa shape index (κ3) is 2.37. The number of halogens is 1. The predicted octanol–water partition coefficient (Wildman–Crippen LogP) is 3.15. The summed E-state index contributed by atoms with van der Waals surface area (Å²) in [6.07, 6.45) is 1.49. The first kappa shape index (κ1) is 11.0. The first-order valence-corrected chi connectivity index (χ1v) is 5.02. The van der Waals surface area contributed by atoms with Gasteiger partial charge in [-0.25, -0.2) is 4.39 Å². The van der Waals surface area contributed by atoms with Crippen LogP contribution in [-0.4, -0.2) is 4.98 Å². The summed E-state index contributed by atoms with van der Waals surface area (Å²) in [5, 5.41) is 8.66. The van der Waals surface area contributed by atoms with E-state index < -0.39 is 0 Å². The number of aromatic nitrogens is 1. The number of hydrogen-bond donors (Lipinski definition) is 0. The van der Waals surface area contributed by atoms with E-state index in [-0.39, 0.29) is 5.82 Å². The van der Waals surface area contributed by atoms with Crippen LogP contribution >= 0.6 is 0 Å². The highest BCUT2D eigenvalue weighted by Crippen LogP contribution is 2.19. The third-order valence-corrected chi connectivity index (χ3v) is 2.39. The van der Waals surface area contributed by atoms with Crippen molar-refractivity contribution in [2.24, 2.45) is 0 Å². The summed E-state index contributed by atoms with van der Waals surface area (Å²) in [5.41, 5.74) is 2.69. The fraction of sp³-hybridized carbons (Fsp3) is 0. The molecule has 82 valence electrons. The Labute approximate surface area is 98.7 Å². The van der Waals surface area contributed by atoms with Crippen molar-refractivity contribution in [1.29, 1.82) is 5.26 Å². The topological polar surface area (TPSA) is 36.7 Å². The Bertz CT molecular complexity index is 577. The zero-order valence-electron chi connectivity index (χ0n) is 9.02. The molecule has 0 N–H and O–H groups in total. The summed E-state index contributed by atoms with van der Waals surface area (Å²) in [6, 6.07) is 11.5. The second kappa shape index (κ2) is 4.58. The van der Waals surface area contributed by atoms with Crippen molar-refractivity contribution in [2.45, 2.75) is 0 Å². The van der Waals surface area contributed by atoms with E-state index in [1.165, 1.54) is 18.3 Å². The second-order valence-electron chi connectivity index (χ2n) is 3.53. The molecule has 17 heavy (non-hydrogen) atoms. The Morgan fingerprint density at radius 3 is 2.41 bits per heavy atom. The van der Waals surface area contributed by atoms with Crippen LogP contribution in [0.25, 0.3) is 5.57 Å². The van der Waals surface area contributed by atoms with Crippen LogP contribution in [-0.2, 0) is 0 Å². The van der Waals surface area contributed by atoms with Gasteiger partial charge in [-0.1, -0.05) is 18.7 Å². The maximum absolute atomic E-state index is 12.8. The zero-order valence-corrected chi connectivity index (χ0v) is 9.02. The molecule has 2 rings (SSSR count). The van der Waals surface area contributed by atoms with E-state index in [2.05, 4.69) is 11.6 Å². The predicted molar refractivity (Wildman–Crippen MR) is 63.5 cm³/mol. The highest BCUT2D eigenvalue weighted by atomic mass is 19.1. The van der Waals surface area contributed by atoms with Crippen LogP contribution in [0.5, 0.6) is 0 Å². The Balaban J connectivity index is 2.31. The quantitative estimate of drug-likeness (QED) is 0.785. The third-order valence-electron chi connectivity index (χ3n) is 2.39. The second-order valence-corrected chi connectivity index (χ2v) is 3.53. The van der Waals surface area contributed by atoms with E-state index in [1.807, 2.05) is 6.07 Å². The van der Waals surface area contributed by atoms with Gasteiger partial charge in [0.15, 0.2) is 0 Å². The molecule has 0 radical (unpaired) electrons. The molecule has 0 aliphatic rings. The minimum absolute atomic E-state index is 0.283. The maximum atomic E-state index is 12.8. The van der Waals surface area contributed by atoms with E-state index in [0.29, 0.717) is 16.8 Å².